The first kappa shape index (κ1) is 40.7. The molecule has 0 saturated carbocycles. The molecule has 0 saturated heterocycles. The van der Waals surface area contributed by atoms with E-state index in [0.717, 1.165) is 68.8 Å². The van der Waals surface area contributed by atoms with E-state index in [1.54, 1.807) is 0 Å². The molecule has 2 aliphatic carbocycles. The molecule has 4 unspecified atom stereocenters. The van der Waals surface area contributed by atoms with Gasteiger partial charge in [0.25, 0.3) is 0 Å². The van der Waals surface area contributed by atoms with Gasteiger partial charge >= 0.3 is 0 Å². The molecular formula is C48H60Br2O4. The molecular weight excluding hydrogens is 800 g/mol. The van der Waals surface area contributed by atoms with Gasteiger partial charge in [0.2, 0.25) is 0 Å². The Balaban J connectivity index is 1.72. The zero-order valence-corrected chi connectivity index (χ0v) is 37.3. The van der Waals surface area contributed by atoms with Crippen molar-refractivity contribution in [1.29, 1.82) is 0 Å². The van der Waals surface area contributed by atoms with Gasteiger partial charge in [-0.2, -0.15) is 0 Å². The van der Waals surface area contributed by atoms with E-state index >= 15 is 0 Å². The zero-order chi connectivity index (χ0) is 38.9. The van der Waals surface area contributed by atoms with Crippen LogP contribution in [-0.2, 0) is 10.8 Å². The first-order valence-electron chi connectivity index (χ1n) is 20.3. The Hall–Kier alpha value is -2.96. The van der Waals surface area contributed by atoms with Crippen molar-refractivity contribution < 1.29 is 18.9 Å². The fourth-order valence-corrected chi connectivity index (χ4v) is 8.74. The normalized spacial score (nSPS) is 18.5. The van der Waals surface area contributed by atoms with E-state index < -0.39 is 10.8 Å². The van der Waals surface area contributed by atoms with Crippen LogP contribution in [0.25, 0.3) is 22.3 Å². The highest BCUT2D eigenvalue weighted by molar-refractivity contribution is 9.10. The predicted octanol–water partition coefficient (Wildman–Crippen LogP) is 14.2. The maximum atomic E-state index is 6.79. The molecule has 4 aromatic rings. The predicted molar refractivity (Wildman–Crippen MR) is 232 cm³/mol. The van der Waals surface area contributed by atoms with Crippen molar-refractivity contribution in [3.05, 3.63) is 91.9 Å². The molecule has 2 aliphatic rings. The molecule has 0 radical (unpaired) electrons. The minimum Gasteiger partial charge on any atom is -0.489 e. The van der Waals surface area contributed by atoms with Crippen molar-refractivity contribution in [1.82, 2.24) is 0 Å². The molecule has 0 fully saturated rings. The van der Waals surface area contributed by atoms with Crippen molar-refractivity contribution >= 4 is 31.9 Å². The lowest BCUT2D eigenvalue weighted by atomic mass is 9.50. The average molecular weight is 861 g/mol. The number of rotatable bonds is 16. The van der Waals surface area contributed by atoms with E-state index in [4.69, 9.17) is 18.9 Å². The summed E-state index contributed by atoms with van der Waals surface area (Å²) in [4.78, 5) is 0. The first-order valence-corrected chi connectivity index (χ1v) is 21.9. The van der Waals surface area contributed by atoms with Gasteiger partial charge in [0.05, 0.1) is 31.8 Å². The molecule has 0 aliphatic heterocycles. The minimum atomic E-state index is -0.613. The van der Waals surface area contributed by atoms with Crippen LogP contribution in [0.4, 0.5) is 0 Å². The summed E-state index contributed by atoms with van der Waals surface area (Å²) < 4.78 is 29.1. The Morgan fingerprint density at radius 3 is 1.13 bits per heavy atom. The summed E-state index contributed by atoms with van der Waals surface area (Å²) in [5, 5.41) is 0. The monoisotopic (exact) mass is 858 g/mol. The first-order chi connectivity index (χ1) is 25.8. The number of halogens is 2. The molecule has 290 valence electrons. The van der Waals surface area contributed by atoms with Crippen molar-refractivity contribution in [2.45, 2.75) is 106 Å². The third-order valence-electron chi connectivity index (χ3n) is 12.4. The van der Waals surface area contributed by atoms with Gasteiger partial charge in [0.1, 0.15) is 0 Å². The van der Waals surface area contributed by atoms with E-state index in [-0.39, 0.29) is 0 Å². The molecule has 0 bridgehead atoms. The molecule has 0 aromatic heterocycles. The Labute approximate surface area is 342 Å². The van der Waals surface area contributed by atoms with E-state index in [2.05, 4.69) is 162 Å². The van der Waals surface area contributed by atoms with Crippen LogP contribution in [0.15, 0.2) is 69.6 Å². The Morgan fingerprint density at radius 2 is 0.759 bits per heavy atom. The van der Waals surface area contributed by atoms with Gasteiger partial charge in [-0.15, -0.1) is 0 Å². The maximum Gasteiger partial charge on any atom is 0.161 e. The number of hydrogen-bond donors (Lipinski definition) is 0. The van der Waals surface area contributed by atoms with Gasteiger partial charge in [-0.25, -0.2) is 0 Å². The minimum absolute atomic E-state index is 0.411. The van der Waals surface area contributed by atoms with E-state index in [1.165, 1.54) is 33.4 Å². The maximum absolute atomic E-state index is 6.79. The molecule has 4 aromatic carbocycles. The van der Waals surface area contributed by atoms with E-state index in [9.17, 15) is 0 Å². The van der Waals surface area contributed by atoms with Crippen LogP contribution < -0.4 is 18.9 Å². The topological polar surface area (TPSA) is 36.9 Å². The molecule has 54 heavy (non-hydrogen) atoms. The molecule has 0 amide bonds. The van der Waals surface area contributed by atoms with Gasteiger partial charge in [-0.05, 0) is 117 Å². The van der Waals surface area contributed by atoms with E-state index in [1.807, 2.05) is 0 Å². The van der Waals surface area contributed by atoms with Gasteiger partial charge in [-0.1, -0.05) is 139 Å². The summed E-state index contributed by atoms with van der Waals surface area (Å²) >= 11 is 7.79. The lowest BCUT2D eigenvalue weighted by Gasteiger charge is -2.51. The standard InChI is InChI=1S/C48H60Br2O4/c1-11-29(5)25-51-43-21-37-38-22-44(52-26-30(6)12-2)46(54-28-32(8)14-4)24-42(38)48(41(37)23-45(43)53-27-31(7)13-3)40-20-34(50)16-18-36(40)35-17-15-33(49)19-39(35)47(48,9)10/h15-24,29-32H,11-14,25-28H2,1-10H3. The fraction of sp³-hybridized carbons (Fsp3) is 0.500. The highest BCUT2D eigenvalue weighted by Crippen LogP contribution is 2.68. The van der Waals surface area contributed by atoms with Crippen LogP contribution in [0, 0.1) is 23.7 Å². The molecule has 0 heterocycles. The summed E-state index contributed by atoms with van der Waals surface area (Å²) in [6.07, 6.45) is 4.18. The molecule has 1 spiro atoms. The molecule has 0 N–H and O–H groups in total. The van der Waals surface area contributed by atoms with Gasteiger partial charge in [0.15, 0.2) is 23.0 Å². The zero-order valence-electron chi connectivity index (χ0n) is 34.1. The second-order valence-electron chi connectivity index (χ2n) is 16.7. The third-order valence-corrected chi connectivity index (χ3v) is 13.4. The lowest BCUT2D eigenvalue weighted by molar-refractivity contribution is 0.217. The number of benzene rings is 4. The summed E-state index contributed by atoms with van der Waals surface area (Å²) in [6, 6.07) is 22.7. The summed E-state index contributed by atoms with van der Waals surface area (Å²) in [6.45, 7) is 25.2. The van der Waals surface area contributed by atoms with Crippen LogP contribution in [0.1, 0.15) is 117 Å². The van der Waals surface area contributed by atoms with Crippen LogP contribution in [0.5, 0.6) is 23.0 Å². The lowest BCUT2D eigenvalue weighted by Crippen LogP contribution is -2.48. The molecule has 4 atom stereocenters. The van der Waals surface area contributed by atoms with Crippen LogP contribution in [0.2, 0.25) is 0 Å². The van der Waals surface area contributed by atoms with Crippen molar-refractivity contribution in [2.24, 2.45) is 23.7 Å². The van der Waals surface area contributed by atoms with Crippen molar-refractivity contribution in [2.75, 3.05) is 26.4 Å². The molecule has 6 rings (SSSR count). The summed E-state index contributed by atoms with van der Waals surface area (Å²) in [7, 11) is 0. The Kier molecular flexibility index (Phi) is 12.5. The third kappa shape index (κ3) is 7.36. The largest absolute Gasteiger partial charge is 0.489 e. The second-order valence-corrected chi connectivity index (χ2v) is 18.6. The molecule has 6 heteroatoms. The average Bonchev–Trinajstić information content (AvgIpc) is 3.44. The van der Waals surface area contributed by atoms with Gasteiger partial charge in [-0.3, -0.25) is 0 Å². The number of ether oxygens (including phenoxy) is 4. The quantitative estimate of drug-likeness (QED) is 0.112. The smallest absolute Gasteiger partial charge is 0.161 e. The second kappa shape index (κ2) is 16.6. The highest BCUT2D eigenvalue weighted by atomic mass is 79.9. The highest BCUT2D eigenvalue weighted by Gasteiger charge is 2.59. The Bertz CT molecular complexity index is 1880. The number of fused-ring (bicyclic) bond motifs is 9. The van der Waals surface area contributed by atoms with Crippen LogP contribution >= 0.6 is 31.9 Å². The summed E-state index contributed by atoms with van der Waals surface area (Å²) in [5.74, 6) is 4.86. The van der Waals surface area contributed by atoms with Crippen molar-refractivity contribution in [3.63, 3.8) is 0 Å². The van der Waals surface area contributed by atoms with Gasteiger partial charge in [0, 0.05) is 14.4 Å². The Morgan fingerprint density at radius 1 is 0.444 bits per heavy atom. The van der Waals surface area contributed by atoms with E-state index in [0.29, 0.717) is 50.1 Å². The van der Waals surface area contributed by atoms with Gasteiger partial charge < -0.3 is 18.9 Å². The van der Waals surface area contributed by atoms with Crippen molar-refractivity contribution in [3.8, 4) is 45.3 Å². The SMILES string of the molecule is CCC(C)COc1cc2c(cc1OCC(C)CC)C1(c3cc(Br)ccc3-c3ccc(Br)cc3C1(C)C)c1cc(OCC(C)CC)c(OCC(C)CC)cc1-2. The van der Waals surface area contributed by atoms with Crippen LogP contribution in [0.3, 0.4) is 0 Å². The fourth-order valence-electron chi connectivity index (χ4n) is 8.01. The summed E-state index contributed by atoms with van der Waals surface area (Å²) in [5.41, 5.74) is 8.76. The van der Waals surface area contributed by atoms with Crippen LogP contribution in [-0.4, -0.2) is 26.4 Å². The number of hydrogen-bond acceptors (Lipinski definition) is 4. The molecule has 4 nitrogen and oxygen atoms in total.